The fourth-order valence-corrected chi connectivity index (χ4v) is 4.74. The van der Waals surface area contributed by atoms with E-state index in [-0.39, 0.29) is 23.4 Å². The highest BCUT2D eigenvalue weighted by molar-refractivity contribution is 7.92. The summed E-state index contributed by atoms with van der Waals surface area (Å²) >= 11 is 0. The largest absolute Gasteiger partial charge is 0.457 e. The summed E-state index contributed by atoms with van der Waals surface area (Å²) in [5.74, 6) is 0.895. The molecule has 0 heterocycles. The molecule has 3 aromatic rings. The van der Waals surface area contributed by atoms with Crippen molar-refractivity contribution in [1.82, 2.24) is 5.32 Å². The summed E-state index contributed by atoms with van der Waals surface area (Å²) in [5.41, 5.74) is 0.382. The second kappa shape index (κ2) is 10.8. The van der Waals surface area contributed by atoms with Crippen LogP contribution in [0.5, 0.6) is 11.5 Å². The standard InChI is InChI=1S/C25H28N2O4S/c1-3-10-20(2)26-25(28)19-27(32(29,30)24-13-8-5-9-14-24)21-15-17-23(18-16-21)31-22-11-6-4-7-12-22/h4-9,11-18,20H,3,10,19H2,1-2H3,(H,26,28)/t20-/m1/s1. The molecule has 0 aliphatic heterocycles. The molecular weight excluding hydrogens is 424 g/mol. The van der Waals surface area contributed by atoms with Crippen molar-refractivity contribution in [3.63, 3.8) is 0 Å². The zero-order valence-corrected chi connectivity index (χ0v) is 19.1. The molecule has 0 aliphatic carbocycles. The number of benzene rings is 3. The second-order valence-electron chi connectivity index (χ2n) is 7.49. The third-order valence-corrected chi connectivity index (χ3v) is 6.64. The molecule has 0 bridgehead atoms. The molecule has 168 valence electrons. The quantitative estimate of drug-likeness (QED) is 0.471. The van der Waals surface area contributed by atoms with Crippen molar-refractivity contribution in [2.24, 2.45) is 0 Å². The van der Waals surface area contributed by atoms with Crippen LogP contribution in [-0.4, -0.2) is 26.9 Å². The van der Waals surface area contributed by atoms with Crippen LogP contribution in [0, 0.1) is 0 Å². The lowest BCUT2D eigenvalue weighted by Crippen LogP contribution is -2.43. The number of anilines is 1. The summed E-state index contributed by atoms with van der Waals surface area (Å²) < 4.78 is 33.7. The molecule has 0 fully saturated rings. The van der Waals surface area contributed by atoms with E-state index < -0.39 is 10.0 Å². The van der Waals surface area contributed by atoms with Gasteiger partial charge in [0.15, 0.2) is 0 Å². The van der Waals surface area contributed by atoms with E-state index in [1.807, 2.05) is 44.2 Å². The Bertz CT molecular complexity index is 1100. The molecule has 0 aromatic heterocycles. The fraction of sp³-hybridized carbons (Fsp3) is 0.240. The molecule has 0 radical (unpaired) electrons. The lowest BCUT2D eigenvalue weighted by molar-refractivity contribution is -0.120. The first-order valence-corrected chi connectivity index (χ1v) is 12.0. The molecule has 6 nitrogen and oxygen atoms in total. The number of carbonyl (C=O) groups is 1. The number of para-hydroxylation sites is 1. The van der Waals surface area contributed by atoms with E-state index in [0.717, 1.165) is 17.1 Å². The van der Waals surface area contributed by atoms with Gasteiger partial charge in [0, 0.05) is 6.04 Å². The maximum Gasteiger partial charge on any atom is 0.264 e. The van der Waals surface area contributed by atoms with Gasteiger partial charge in [0.2, 0.25) is 5.91 Å². The Morgan fingerprint density at radius 1 is 0.906 bits per heavy atom. The third-order valence-electron chi connectivity index (χ3n) is 4.85. The van der Waals surface area contributed by atoms with Gasteiger partial charge in [-0.3, -0.25) is 9.10 Å². The Hall–Kier alpha value is -3.32. The minimum absolute atomic E-state index is 0.0320. The maximum atomic E-state index is 13.4. The van der Waals surface area contributed by atoms with E-state index in [9.17, 15) is 13.2 Å². The van der Waals surface area contributed by atoms with Crippen LogP contribution < -0.4 is 14.4 Å². The van der Waals surface area contributed by atoms with Crippen molar-refractivity contribution in [1.29, 1.82) is 0 Å². The molecular formula is C25H28N2O4S. The van der Waals surface area contributed by atoms with Crippen molar-refractivity contribution < 1.29 is 17.9 Å². The molecule has 32 heavy (non-hydrogen) atoms. The van der Waals surface area contributed by atoms with E-state index >= 15 is 0 Å². The van der Waals surface area contributed by atoms with Crippen molar-refractivity contribution in [3.8, 4) is 11.5 Å². The number of nitrogens with zero attached hydrogens (tertiary/aromatic N) is 1. The van der Waals surface area contributed by atoms with E-state index in [4.69, 9.17) is 4.74 Å². The van der Waals surface area contributed by atoms with Gasteiger partial charge in [0.25, 0.3) is 10.0 Å². The molecule has 0 aliphatic rings. The molecule has 3 rings (SSSR count). The molecule has 0 saturated carbocycles. The van der Waals surface area contributed by atoms with E-state index in [1.54, 1.807) is 42.5 Å². The summed E-state index contributed by atoms with van der Waals surface area (Å²) in [7, 11) is -3.94. The van der Waals surface area contributed by atoms with Gasteiger partial charge in [-0.25, -0.2) is 8.42 Å². The Morgan fingerprint density at radius 3 is 2.06 bits per heavy atom. The van der Waals surface area contributed by atoms with Crippen molar-refractivity contribution in [3.05, 3.63) is 84.9 Å². The highest BCUT2D eigenvalue weighted by Gasteiger charge is 2.27. The number of hydrogen-bond acceptors (Lipinski definition) is 4. The first-order valence-electron chi connectivity index (χ1n) is 10.6. The summed E-state index contributed by atoms with van der Waals surface area (Å²) in [6.45, 7) is 3.63. The number of hydrogen-bond donors (Lipinski definition) is 1. The van der Waals surface area contributed by atoms with Gasteiger partial charge >= 0.3 is 0 Å². The van der Waals surface area contributed by atoms with E-state index in [0.29, 0.717) is 17.2 Å². The Labute approximate surface area is 189 Å². The summed E-state index contributed by atoms with van der Waals surface area (Å²) in [4.78, 5) is 12.8. The second-order valence-corrected chi connectivity index (χ2v) is 9.35. The van der Waals surface area contributed by atoms with Crippen LogP contribution in [0.25, 0.3) is 0 Å². The number of sulfonamides is 1. The van der Waals surface area contributed by atoms with E-state index in [2.05, 4.69) is 5.32 Å². The SMILES string of the molecule is CCC[C@@H](C)NC(=O)CN(c1ccc(Oc2ccccc2)cc1)S(=O)(=O)c1ccccc1. The summed E-state index contributed by atoms with van der Waals surface area (Å²) in [6.07, 6.45) is 1.75. The first-order chi connectivity index (χ1) is 15.4. The highest BCUT2D eigenvalue weighted by atomic mass is 32.2. The smallest absolute Gasteiger partial charge is 0.264 e. The van der Waals surface area contributed by atoms with Gasteiger partial charge in [-0.2, -0.15) is 0 Å². The molecule has 0 spiro atoms. The number of rotatable bonds is 10. The van der Waals surface area contributed by atoms with Crippen molar-refractivity contribution in [2.75, 3.05) is 10.8 Å². The average molecular weight is 453 g/mol. The lowest BCUT2D eigenvalue weighted by atomic mass is 10.2. The fourth-order valence-electron chi connectivity index (χ4n) is 3.30. The normalized spacial score (nSPS) is 12.1. The van der Waals surface area contributed by atoms with Crippen LogP contribution in [0.15, 0.2) is 89.8 Å². The topological polar surface area (TPSA) is 75.7 Å². The monoisotopic (exact) mass is 452 g/mol. The van der Waals surface area contributed by atoms with Crippen LogP contribution in [-0.2, 0) is 14.8 Å². The highest BCUT2D eigenvalue weighted by Crippen LogP contribution is 2.28. The van der Waals surface area contributed by atoms with Gasteiger partial charge in [-0.1, -0.05) is 49.7 Å². The number of carbonyl (C=O) groups excluding carboxylic acids is 1. The summed E-state index contributed by atoms with van der Waals surface area (Å²) in [5, 5.41) is 2.88. The molecule has 1 amide bonds. The predicted molar refractivity (Wildman–Crippen MR) is 126 cm³/mol. The van der Waals surface area contributed by atoms with Gasteiger partial charge in [-0.05, 0) is 61.9 Å². The van der Waals surface area contributed by atoms with Crippen LogP contribution in [0.3, 0.4) is 0 Å². The molecule has 0 unspecified atom stereocenters. The third kappa shape index (κ3) is 6.11. The Kier molecular flexibility index (Phi) is 7.89. The number of nitrogens with one attached hydrogen (secondary N) is 1. The van der Waals surface area contributed by atoms with Gasteiger partial charge < -0.3 is 10.1 Å². The summed E-state index contributed by atoms with van der Waals surface area (Å²) in [6, 6.07) is 24.0. The predicted octanol–water partition coefficient (Wildman–Crippen LogP) is 4.98. The minimum Gasteiger partial charge on any atom is -0.457 e. The van der Waals surface area contributed by atoms with Crippen LogP contribution >= 0.6 is 0 Å². The molecule has 1 N–H and O–H groups in total. The van der Waals surface area contributed by atoms with Crippen molar-refractivity contribution >= 4 is 21.6 Å². The van der Waals surface area contributed by atoms with E-state index in [1.165, 1.54) is 12.1 Å². The average Bonchev–Trinajstić information content (AvgIpc) is 2.79. The number of ether oxygens (including phenoxy) is 1. The van der Waals surface area contributed by atoms with Crippen LogP contribution in [0.2, 0.25) is 0 Å². The Morgan fingerprint density at radius 2 is 1.47 bits per heavy atom. The van der Waals surface area contributed by atoms with Crippen LogP contribution in [0.4, 0.5) is 5.69 Å². The zero-order valence-electron chi connectivity index (χ0n) is 18.3. The zero-order chi connectivity index (χ0) is 23.0. The molecule has 0 saturated heterocycles. The molecule has 1 atom stereocenters. The molecule has 3 aromatic carbocycles. The first kappa shape index (κ1) is 23.3. The van der Waals surface area contributed by atoms with Gasteiger partial charge in [0.05, 0.1) is 10.6 Å². The number of amides is 1. The van der Waals surface area contributed by atoms with Crippen molar-refractivity contribution in [2.45, 2.75) is 37.6 Å². The molecule has 7 heteroatoms. The maximum absolute atomic E-state index is 13.4. The Balaban J connectivity index is 1.87. The van der Waals surface area contributed by atoms with Gasteiger partial charge in [-0.15, -0.1) is 0 Å². The minimum atomic E-state index is -3.94. The van der Waals surface area contributed by atoms with Crippen LogP contribution in [0.1, 0.15) is 26.7 Å². The van der Waals surface area contributed by atoms with Gasteiger partial charge in [0.1, 0.15) is 18.0 Å². The lowest BCUT2D eigenvalue weighted by Gasteiger charge is -2.25.